The van der Waals surface area contributed by atoms with Crippen molar-refractivity contribution >= 4 is 8.32 Å². The van der Waals surface area contributed by atoms with Gasteiger partial charge in [-0.3, -0.25) is 0 Å². The molecule has 0 amide bonds. The van der Waals surface area contributed by atoms with Crippen molar-refractivity contribution in [1.29, 1.82) is 0 Å². The van der Waals surface area contributed by atoms with E-state index < -0.39 is 8.32 Å². The van der Waals surface area contributed by atoms with Gasteiger partial charge in [-0.1, -0.05) is 56.2 Å². The van der Waals surface area contributed by atoms with E-state index in [0.717, 1.165) is 5.56 Å². The highest BCUT2D eigenvalue weighted by Crippen LogP contribution is 2.40. The summed E-state index contributed by atoms with van der Waals surface area (Å²) >= 11 is 0. The highest BCUT2D eigenvalue weighted by molar-refractivity contribution is 6.74. The number of rotatable bonds is 11. The van der Waals surface area contributed by atoms with Crippen LogP contribution in [0.1, 0.15) is 32.8 Å². The Morgan fingerprint density at radius 3 is 2.31 bits per heavy atom. The van der Waals surface area contributed by atoms with Crippen LogP contribution < -0.4 is 0 Å². The molecule has 1 aromatic carbocycles. The van der Waals surface area contributed by atoms with Gasteiger partial charge in [0, 0.05) is 25.7 Å². The van der Waals surface area contributed by atoms with Gasteiger partial charge in [-0.2, -0.15) is 0 Å². The monoisotopic (exact) mass is 465 g/mol. The maximum Gasteiger partial charge on any atom is 0.192 e. The Labute approximate surface area is 193 Å². The van der Waals surface area contributed by atoms with Crippen molar-refractivity contribution in [2.75, 3.05) is 27.4 Å². The van der Waals surface area contributed by atoms with E-state index in [0.29, 0.717) is 26.2 Å². The molecular weight excluding hydrogens is 426 g/mol. The minimum absolute atomic E-state index is 0.0233. The van der Waals surface area contributed by atoms with Crippen LogP contribution in [0.3, 0.4) is 0 Å². The number of ether oxygens (including phenoxy) is 4. The number of benzene rings is 1. The van der Waals surface area contributed by atoms with Gasteiger partial charge in [-0.15, -0.1) is 0 Å². The molecule has 0 unspecified atom stereocenters. The molecule has 5 atom stereocenters. The van der Waals surface area contributed by atoms with E-state index in [9.17, 15) is 0 Å². The third-order valence-electron chi connectivity index (χ3n) is 6.43. The predicted molar refractivity (Wildman–Crippen MR) is 127 cm³/mol. The zero-order valence-corrected chi connectivity index (χ0v) is 21.5. The highest BCUT2D eigenvalue weighted by Gasteiger charge is 2.51. The summed E-state index contributed by atoms with van der Waals surface area (Å²) in [6.07, 6.45) is -1.17. The molecule has 0 aromatic heterocycles. The summed E-state index contributed by atoms with van der Waals surface area (Å²) in [5.41, 5.74) is 9.77. The Kier molecular flexibility index (Phi) is 10.2. The molecule has 1 fully saturated rings. The highest BCUT2D eigenvalue weighted by atomic mass is 28.4. The van der Waals surface area contributed by atoms with Gasteiger partial charge in [0.25, 0.3) is 0 Å². The van der Waals surface area contributed by atoms with E-state index in [4.69, 9.17) is 28.9 Å². The van der Waals surface area contributed by atoms with Crippen LogP contribution >= 0.6 is 0 Å². The van der Waals surface area contributed by atoms with Crippen LogP contribution in [0.2, 0.25) is 18.1 Å². The first-order valence-electron chi connectivity index (χ1n) is 11.2. The second kappa shape index (κ2) is 12.1. The van der Waals surface area contributed by atoms with Gasteiger partial charge in [0.1, 0.15) is 24.4 Å². The van der Waals surface area contributed by atoms with E-state index >= 15 is 0 Å². The molecule has 1 aliphatic rings. The average molecular weight is 466 g/mol. The van der Waals surface area contributed by atoms with Crippen molar-refractivity contribution in [3.05, 3.63) is 46.3 Å². The van der Waals surface area contributed by atoms with Gasteiger partial charge in [0.15, 0.2) is 8.32 Å². The molecule has 1 aliphatic heterocycles. The van der Waals surface area contributed by atoms with Crippen molar-refractivity contribution < 1.29 is 23.4 Å². The summed E-state index contributed by atoms with van der Waals surface area (Å²) < 4.78 is 31.2. The molecule has 0 saturated carbocycles. The summed E-state index contributed by atoms with van der Waals surface area (Å²) in [6.45, 7) is 12.2. The Balaban J connectivity index is 2.37. The normalized spacial score (nSPS) is 26.5. The molecule has 2 rings (SSSR count). The smallest absolute Gasteiger partial charge is 0.192 e. The molecule has 1 heterocycles. The van der Waals surface area contributed by atoms with Gasteiger partial charge in [0.2, 0.25) is 0 Å². The molecule has 9 heteroatoms. The molecule has 0 bridgehead atoms. The first kappa shape index (κ1) is 26.8. The molecular formula is C23H39N3O5Si. The molecule has 0 N–H and O–H groups in total. The number of hydrogen-bond acceptors (Lipinski definition) is 6. The number of hydrogen-bond donors (Lipinski definition) is 0. The topological polar surface area (TPSA) is 94.9 Å². The molecule has 1 saturated heterocycles. The maximum atomic E-state index is 8.69. The first-order valence-corrected chi connectivity index (χ1v) is 14.1. The second-order valence-corrected chi connectivity index (χ2v) is 14.5. The van der Waals surface area contributed by atoms with Crippen LogP contribution in [-0.4, -0.2) is 66.2 Å². The van der Waals surface area contributed by atoms with E-state index in [-0.39, 0.29) is 35.6 Å². The fourth-order valence-corrected chi connectivity index (χ4v) is 4.97. The SMILES string of the molecule is COC[C@H]1O[C@@H](CCN=[N+]=[N-])[C@H](OC)[C@@H](OCc2ccccc2)[C@@H]1O[Si](C)(C)C(C)(C)C. The first-order chi connectivity index (χ1) is 15.1. The summed E-state index contributed by atoms with van der Waals surface area (Å²) in [5.74, 6) is 0. The van der Waals surface area contributed by atoms with Crippen molar-refractivity contribution in [3.8, 4) is 0 Å². The van der Waals surface area contributed by atoms with E-state index in [1.54, 1.807) is 14.2 Å². The van der Waals surface area contributed by atoms with Crippen molar-refractivity contribution in [2.24, 2.45) is 5.11 Å². The summed E-state index contributed by atoms with van der Waals surface area (Å²) in [6, 6.07) is 10.1. The van der Waals surface area contributed by atoms with Crippen LogP contribution in [0.25, 0.3) is 10.4 Å². The Bertz CT molecular complexity index is 737. The Morgan fingerprint density at radius 1 is 1.06 bits per heavy atom. The largest absolute Gasteiger partial charge is 0.408 e. The standard InChI is InChI=1S/C23H39N3O5Si/c1-23(2,3)32(6,7)31-21-19(16-27-4)30-18(13-14-25-26-24)20(28-5)22(21)29-15-17-11-9-8-10-12-17/h8-12,18-22H,13-16H2,1-7H3/t18-,19+,20-,21+,22+/m0/s1. The van der Waals surface area contributed by atoms with Crippen LogP contribution in [0, 0.1) is 0 Å². The number of azide groups is 1. The third kappa shape index (κ3) is 7.02. The molecule has 180 valence electrons. The minimum Gasteiger partial charge on any atom is -0.408 e. The molecule has 0 aliphatic carbocycles. The van der Waals surface area contributed by atoms with Crippen LogP contribution in [0.5, 0.6) is 0 Å². The molecule has 1 aromatic rings. The Hall–Kier alpha value is -1.45. The van der Waals surface area contributed by atoms with Crippen molar-refractivity contribution in [2.45, 2.75) is 82.5 Å². The minimum atomic E-state index is -2.15. The fourth-order valence-electron chi connectivity index (χ4n) is 3.65. The predicted octanol–water partition coefficient (Wildman–Crippen LogP) is 5.09. The van der Waals surface area contributed by atoms with Crippen LogP contribution in [-0.2, 0) is 30.0 Å². The summed E-state index contributed by atoms with van der Waals surface area (Å²) in [7, 11) is 1.17. The molecule has 32 heavy (non-hydrogen) atoms. The van der Waals surface area contributed by atoms with Crippen LogP contribution in [0.4, 0.5) is 0 Å². The number of nitrogens with zero attached hydrogens (tertiary/aromatic N) is 3. The van der Waals surface area contributed by atoms with Crippen LogP contribution in [0.15, 0.2) is 35.4 Å². The average Bonchev–Trinajstić information content (AvgIpc) is 2.74. The summed E-state index contributed by atoms with van der Waals surface area (Å²) in [4.78, 5) is 2.87. The van der Waals surface area contributed by atoms with Gasteiger partial charge >= 0.3 is 0 Å². The second-order valence-electron chi connectivity index (χ2n) is 9.72. The van der Waals surface area contributed by atoms with E-state index in [1.807, 2.05) is 30.3 Å². The fraction of sp³-hybridized carbons (Fsp3) is 0.739. The molecule has 8 nitrogen and oxygen atoms in total. The van der Waals surface area contributed by atoms with Gasteiger partial charge in [0.05, 0.1) is 19.3 Å². The molecule has 0 radical (unpaired) electrons. The van der Waals surface area contributed by atoms with Gasteiger partial charge < -0.3 is 23.4 Å². The van der Waals surface area contributed by atoms with Gasteiger partial charge in [-0.05, 0) is 35.6 Å². The third-order valence-corrected chi connectivity index (χ3v) is 10.9. The summed E-state index contributed by atoms with van der Waals surface area (Å²) in [5, 5.41) is 3.71. The lowest BCUT2D eigenvalue weighted by atomic mass is 9.93. The lowest BCUT2D eigenvalue weighted by Gasteiger charge is -2.50. The number of methoxy groups -OCH3 is 2. The van der Waals surface area contributed by atoms with E-state index in [2.05, 4.69) is 43.9 Å². The lowest BCUT2D eigenvalue weighted by molar-refractivity contribution is -0.248. The van der Waals surface area contributed by atoms with Gasteiger partial charge in [-0.25, -0.2) is 0 Å². The maximum absolute atomic E-state index is 8.69. The zero-order valence-electron chi connectivity index (χ0n) is 20.5. The molecule has 0 spiro atoms. The zero-order chi connectivity index (χ0) is 23.8. The Morgan fingerprint density at radius 2 is 1.75 bits per heavy atom. The van der Waals surface area contributed by atoms with Crippen molar-refractivity contribution in [3.63, 3.8) is 0 Å². The lowest BCUT2D eigenvalue weighted by Crippen LogP contribution is -2.63. The van der Waals surface area contributed by atoms with E-state index in [1.165, 1.54) is 0 Å². The van der Waals surface area contributed by atoms with Crippen molar-refractivity contribution in [1.82, 2.24) is 0 Å². The quantitative estimate of drug-likeness (QED) is 0.196.